The summed E-state index contributed by atoms with van der Waals surface area (Å²) in [6, 6.07) is 7.32. The van der Waals surface area contributed by atoms with Gasteiger partial charge in [0.25, 0.3) is 20.2 Å². The molecule has 0 aliphatic carbocycles. The van der Waals surface area contributed by atoms with E-state index in [0.29, 0.717) is 12.1 Å². The van der Waals surface area contributed by atoms with Crippen LogP contribution in [0.2, 0.25) is 0 Å². The van der Waals surface area contributed by atoms with Gasteiger partial charge in [0.05, 0.1) is 15.8 Å². The first-order valence-electron chi connectivity index (χ1n) is 8.02. The number of carboxylic acid groups (broad SMARTS) is 1. The highest BCUT2D eigenvalue weighted by Gasteiger charge is 2.25. The highest BCUT2D eigenvalue weighted by molar-refractivity contribution is 7.86. The Morgan fingerprint density at radius 2 is 1.52 bits per heavy atom. The predicted molar refractivity (Wildman–Crippen MR) is 104 cm³/mol. The number of aromatic hydroxyl groups is 2. The van der Waals surface area contributed by atoms with E-state index in [-0.39, 0.29) is 16.6 Å². The topological polar surface area (TPSA) is 211 Å². The lowest BCUT2D eigenvalue weighted by Crippen LogP contribution is -2.01. The van der Waals surface area contributed by atoms with Crippen LogP contribution in [0.25, 0.3) is 10.8 Å². The second-order valence-electron chi connectivity index (χ2n) is 6.08. The molecule has 0 heterocycles. The monoisotopic (exact) mass is 468 g/mol. The smallest absolute Gasteiger partial charge is 0.337 e. The van der Waals surface area contributed by atoms with Crippen molar-refractivity contribution in [3.05, 3.63) is 48.0 Å². The van der Waals surface area contributed by atoms with E-state index in [1.54, 1.807) is 0 Å². The molecule has 3 aromatic carbocycles. The van der Waals surface area contributed by atoms with Crippen LogP contribution in [0.15, 0.2) is 62.5 Å². The lowest BCUT2D eigenvalue weighted by Gasteiger charge is -2.11. The van der Waals surface area contributed by atoms with Crippen LogP contribution >= 0.6 is 0 Å². The van der Waals surface area contributed by atoms with Gasteiger partial charge in [0.1, 0.15) is 22.0 Å². The minimum Gasteiger partial charge on any atom is -0.507 e. The van der Waals surface area contributed by atoms with Crippen LogP contribution in [-0.2, 0) is 20.2 Å². The third kappa shape index (κ3) is 4.31. The van der Waals surface area contributed by atoms with Crippen molar-refractivity contribution >= 4 is 48.4 Å². The number of azo groups is 1. The molecule has 0 atom stereocenters. The van der Waals surface area contributed by atoms with Gasteiger partial charge in [-0.3, -0.25) is 9.11 Å². The summed E-state index contributed by atoms with van der Waals surface area (Å²) >= 11 is 0. The molecule has 0 amide bonds. The average Bonchev–Trinajstić information content (AvgIpc) is 2.65. The highest BCUT2D eigenvalue weighted by Crippen LogP contribution is 2.45. The Bertz CT molecular complexity index is 1480. The maximum atomic E-state index is 11.8. The zero-order chi connectivity index (χ0) is 23.1. The van der Waals surface area contributed by atoms with Gasteiger partial charge in [0, 0.05) is 6.07 Å². The minimum atomic E-state index is -5.06. The number of carbonyl (C=O) groups is 1. The summed E-state index contributed by atoms with van der Waals surface area (Å²) in [6.45, 7) is 0. The molecular weight excluding hydrogens is 456 g/mol. The molecule has 0 radical (unpaired) electrons. The molecule has 162 valence electrons. The number of phenols is 2. The van der Waals surface area contributed by atoms with Gasteiger partial charge in [-0.25, -0.2) is 4.79 Å². The molecule has 31 heavy (non-hydrogen) atoms. The fourth-order valence-electron chi connectivity index (χ4n) is 2.73. The number of fused-ring (bicyclic) bond motifs is 1. The van der Waals surface area contributed by atoms with E-state index >= 15 is 0 Å². The van der Waals surface area contributed by atoms with E-state index < -0.39 is 58.6 Å². The molecule has 0 spiro atoms. The van der Waals surface area contributed by atoms with Crippen LogP contribution in [0, 0.1) is 0 Å². The standard InChI is InChI=1S/C17H12N2O10S2/c20-12-7-9(30(24,25)26)5-8-6-13(31(27,28)29)15(16(21)14(8)12)19-18-11-4-2-1-3-10(11)17(22)23/h1-7,20-21H,(H,22,23)(H,24,25,26)(H,27,28,29). The van der Waals surface area contributed by atoms with Gasteiger partial charge in [-0.1, -0.05) is 12.1 Å². The lowest BCUT2D eigenvalue weighted by molar-refractivity contribution is 0.0697. The molecule has 0 aliphatic heterocycles. The molecule has 0 bridgehead atoms. The molecule has 5 N–H and O–H groups in total. The van der Waals surface area contributed by atoms with E-state index in [2.05, 4.69) is 10.2 Å². The summed E-state index contributed by atoms with van der Waals surface area (Å²) in [4.78, 5) is 9.45. The van der Waals surface area contributed by atoms with Crippen LogP contribution in [-0.4, -0.2) is 47.2 Å². The van der Waals surface area contributed by atoms with E-state index in [4.69, 9.17) is 4.55 Å². The highest BCUT2D eigenvalue weighted by atomic mass is 32.2. The van der Waals surface area contributed by atoms with Gasteiger partial charge in [0.2, 0.25) is 0 Å². The fourth-order valence-corrected chi connectivity index (χ4v) is 3.92. The van der Waals surface area contributed by atoms with Gasteiger partial charge in [-0.15, -0.1) is 10.2 Å². The molecule has 12 nitrogen and oxygen atoms in total. The molecule has 0 fully saturated rings. The van der Waals surface area contributed by atoms with E-state index in [0.717, 1.165) is 6.07 Å². The predicted octanol–water partition coefficient (Wildman–Crippen LogP) is 2.86. The Labute approximate surface area is 174 Å². The molecule has 0 unspecified atom stereocenters. The normalized spacial score (nSPS) is 12.5. The number of rotatable bonds is 5. The summed E-state index contributed by atoms with van der Waals surface area (Å²) < 4.78 is 65.0. The molecule has 3 aromatic rings. The van der Waals surface area contributed by atoms with Crippen LogP contribution in [0.3, 0.4) is 0 Å². The van der Waals surface area contributed by atoms with Crippen molar-refractivity contribution in [3.63, 3.8) is 0 Å². The SMILES string of the molecule is O=C(O)c1ccccc1N=Nc1c(S(=O)(=O)O)cc2cc(S(=O)(=O)O)cc(O)c2c1O. The van der Waals surface area contributed by atoms with Crippen molar-refractivity contribution in [1.82, 2.24) is 0 Å². The molecule has 0 saturated heterocycles. The van der Waals surface area contributed by atoms with Crippen LogP contribution in [0.5, 0.6) is 11.5 Å². The van der Waals surface area contributed by atoms with Crippen LogP contribution in [0.1, 0.15) is 10.4 Å². The van der Waals surface area contributed by atoms with Crippen molar-refractivity contribution in [2.75, 3.05) is 0 Å². The zero-order valence-corrected chi connectivity index (χ0v) is 16.7. The van der Waals surface area contributed by atoms with Gasteiger partial charge in [0.15, 0.2) is 5.75 Å². The zero-order valence-electron chi connectivity index (χ0n) is 15.0. The van der Waals surface area contributed by atoms with Gasteiger partial charge < -0.3 is 15.3 Å². The Morgan fingerprint density at radius 3 is 2.10 bits per heavy atom. The second kappa shape index (κ2) is 7.59. The van der Waals surface area contributed by atoms with Crippen molar-refractivity contribution in [3.8, 4) is 11.5 Å². The average molecular weight is 468 g/mol. The number of hydrogen-bond acceptors (Lipinski definition) is 9. The first-order valence-corrected chi connectivity index (χ1v) is 10.9. The Balaban J connectivity index is 2.35. The number of aromatic carboxylic acids is 1. The Morgan fingerprint density at radius 1 is 0.871 bits per heavy atom. The van der Waals surface area contributed by atoms with E-state index in [1.807, 2.05) is 0 Å². The first-order chi connectivity index (χ1) is 14.3. The van der Waals surface area contributed by atoms with Gasteiger partial charge >= 0.3 is 5.97 Å². The number of carboxylic acids is 1. The molecule has 0 aromatic heterocycles. The number of phenolic OH excluding ortho intramolecular Hbond substituents is 2. The number of nitrogens with zero attached hydrogens (tertiary/aromatic N) is 2. The summed E-state index contributed by atoms with van der Waals surface area (Å²) in [5.41, 5.74) is -1.34. The second-order valence-corrected chi connectivity index (χ2v) is 8.90. The Kier molecular flexibility index (Phi) is 5.41. The van der Waals surface area contributed by atoms with Gasteiger partial charge in [-0.05, 0) is 29.7 Å². The third-order valence-corrected chi connectivity index (χ3v) is 5.77. The van der Waals surface area contributed by atoms with Crippen molar-refractivity contribution in [2.24, 2.45) is 10.2 Å². The van der Waals surface area contributed by atoms with Crippen molar-refractivity contribution in [1.29, 1.82) is 0 Å². The molecule has 14 heteroatoms. The maximum Gasteiger partial charge on any atom is 0.337 e. The van der Waals surface area contributed by atoms with Crippen LogP contribution < -0.4 is 0 Å². The summed E-state index contributed by atoms with van der Waals surface area (Å²) in [5, 5.41) is 36.1. The Hall–Kier alpha value is -3.59. The minimum absolute atomic E-state index is 0.207. The summed E-state index contributed by atoms with van der Waals surface area (Å²) in [6.07, 6.45) is 0. The largest absolute Gasteiger partial charge is 0.507 e. The van der Waals surface area contributed by atoms with E-state index in [1.165, 1.54) is 24.3 Å². The van der Waals surface area contributed by atoms with Crippen molar-refractivity contribution < 1.29 is 46.1 Å². The maximum absolute atomic E-state index is 11.8. The van der Waals surface area contributed by atoms with Crippen molar-refractivity contribution in [2.45, 2.75) is 9.79 Å². The first kappa shape index (κ1) is 22.1. The summed E-state index contributed by atoms with van der Waals surface area (Å²) in [7, 11) is -9.86. The molecule has 3 rings (SSSR count). The third-order valence-electron chi connectivity index (χ3n) is 4.07. The number of benzene rings is 3. The van der Waals surface area contributed by atoms with Crippen LogP contribution in [0.4, 0.5) is 11.4 Å². The van der Waals surface area contributed by atoms with E-state index in [9.17, 15) is 41.5 Å². The fraction of sp³-hybridized carbons (Fsp3) is 0. The quantitative estimate of drug-likeness (QED) is 0.273. The van der Waals surface area contributed by atoms with Gasteiger partial charge in [-0.2, -0.15) is 16.8 Å². The summed E-state index contributed by atoms with van der Waals surface area (Å²) in [5.74, 6) is -3.21. The molecule has 0 aliphatic rings. The molecular formula is C17H12N2O10S2. The lowest BCUT2D eigenvalue weighted by atomic mass is 10.1. The molecule has 0 saturated carbocycles. The number of hydrogen-bond donors (Lipinski definition) is 5.